The number of likely N-dealkylation sites (tertiary alicyclic amines) is 1. The average molecular weight is 295 g/mol. The SMILES string of the molecule is CNCC1CCCCN1CC(=O)NCCc1cccs1. The molecule has 0 radical (unpaired) electrons. The van der Waals surface area contributed by atoms with Gasteiger partial charge in [-0.1, -0.05) is 12.5 Å². The van der Waals surface area contributed by atoms with E-state index in [4.69, 9.17) is 0 Å². The minimum absolute atomic E-state index is 0.157. The summed E-state index contributed by atoms with van der Waals surface area (Å²) < 4.78 is 0. The number of hydrogen-bond donors (Lipinski definition) is 2. The quantitative estimate of drug-likeness (QED) is 0.801. The summed E-state index contributed by atoms with van der Waals surface area (Å²) in [6, 6.07) is 4.68. The highest BCUT2D eigenvalue weighted by molar-refractivity contribution is 7.09. The van der Waals surface area contributed by atoms with Crippen LogP contribution in [0.4, 0.5) is 0 Å². The first kappa shape index (κ1) is 15.5. The smallest absolute Gasteiger partial charge is 0.234 e. The second-order valence-electron chi connectivity index (χ2n) is 5.36. The van der Waals surface area contributed by atoms with Crippen molar-refractivity contribution in [2.45, 2.75) is 31.7 Å². The lowest BCUT2D eigenvalue weighted by molar-refractivity contribution is -0.123. The fraction of sp³-hybridized carbons (Fsp3) is 0.667. The van der Waals surface area contributed by atoms with E-state index in [1.54, 1.807) is 11.3 Å². The van der Waals surface area contributed by atoms with Crippen LogP contribution in [0.2, 0.25) is 0 Å². The summed E-state index contributed by atoms with van der Waals surface area (Å²) >= 11 is 1.75. The zero-order chi connectivity index (χ0) is 14.2. The van der Waals surface area contributed by atoms with E-state index in [0.717, 1.165) is 26.1 Å². The van der Waals surface area contributed by atoms with Crippen molar-refractivity contribution in [2.24, 2.45) is 0 Å². The van der Waals surface area contributed by atoms with Gasteiger partial charge in [0.25, 0.3) is 0 Å². The highest BCUT2D eigenvalue weighted by Gasteiger charge is 2.23. The molecule has 1 aromatic heterocycles. The topological polar surface area (TPSA) is 44.4 Å². The van der Waals surface area contributed by atoms with E-state index in [1.807, 2.05) is 7.05 Å². The predicted molar refractivity (Wildman–Crippen MR) is 84.2 cm³/mol. The Morgan fingerprint density at radius 1 is 1.50 bits per heavy atom. The number of nitrogens with one attached hydrogen (secondary N) is 2. The normalized spacial score (nSPS) is 19.9. The second kappa shape index (κ2) is 8.39. The molecule has 1 atom stereocenters. The Morgan fingerprint density at radius 3 is 3.15 bits per heavy atom. The molecular formula is C15H25N3OS. The second-order valence-corrected chi connectivity index (χ2v) is 6.39. The van der Waals surface area contributed by atoms with Gasteiger partial charge in [-0.3, -0.25) is 9.69 Å². The Hall–Kier alpha value is -0.910. The number of rotatable bonds is 7. The van der Waals surface area contributed by atoms with Gasteiger partial charge in [0.1, 0.15) is 0 Å². The number of nitrogens with zero attached hydrogens (tertiary/aromatic N) is 1. The molecular weight excluding hydrogens is 270 g/mol. The molecule has 0 bridgehead atoms. The Bertz CT molecular complexity index is 392. The van der Waals surface area contributed by atoms with Crippen LogP contribution < -0.4 is 10.6 Å². The first-order valence-corrected chi connectivity index (χ1v) is 8.35. The molecule has 1 aromatic rings. The molecule has 1 amide bonds. The van der Waals surface area contributed by atoms with Crippen LogP contribution in [0, 0.1) is 0 Å². The van der Waals surface area contributed by atoms with Crippen LogP contribution in [-0.2, 0) is 11.2 Å². The van der Waals surface area contributed by atoms with Crippen molar-refractivity contribution in [1.82, 2.24) is 15.5 Å². The molecule has 1 fully saturated rings. The van der Waals surface area contributed by atoms with Crippen LogP contribution in [0.3, 0.4) is 0 Å². The summed E-state index contributed by atoms with van der Waals surface area (Å²) in [6.45, 7) is 3.30. The molecule has 1 aliphatic heterocycles. The van der Waals surface area contributed by atoms with Gasteiger partial charge in [0, 0.05) is 24.0 Å². The van der Waals surface area contributed by atoms with Gasteiger partial charge in [0.05, 0.1) is 6.54 Å². The maximum absolute atomic E-state index is 12.0. The largest absolute Gasteiger partial charge is 0.355 e. The van der Waals surface area contributed by atoms with Gasteiger partial charge in [-0.15, -0.1) is 11.3 Å². The zero-order valence-corrected chi connectivity index (χ0v) is 13.0. The molecule has 0 spiro atoms. The number of thiophene rings is 1. The van der Waals surface area contributed by atoms with Crippen LogP contribution in [0.1, 0.15) is 24.1 Å². The molecule has 2 N–H and O–H groups in total. The molecule has 2 heterocycles. The molecule has 1 aliphatic rings. The highest BCUT2D eigenvalue weighted by atomic mass is 32.1. The number of likely N-dealkylation sites (N-methyl/N-ethyl adjacent to an activating group) is 1. The van der Waals surface area contributed by atoms with E-state index >= 15 is 0 Å². The Morgan fingerprint density at radius 2 is 2.40 bits per heavy atom. The Balaban J connectivity index is 1.69. The van der Waals surface area contributed by atoms with E-state index < -0.39 is 0 Å². The minimum Gasteiger partial charge on any atom is -0.355 e. The maximum Gasteiger partial charge on any atom is 0.234 e. The van der Waals surface area contributed by atoms with Crippen molar-refractivity contribution in [3.05, 3.63) is 22.4 Å². The number of carbonyl (C=O) groups is 1. The predicted octanol–water partition coefficient (Wildman–Crippen LogP) is 1.48. The fourth-order valence-corrected chi connectivity index (χ4v) is 3.46. The number of hydrogen-bond acceptors (Lipinski definition) is 4. The fourth-order valence-electron chi connectivity index (χ4n) is 2.76. The lowest BCUT2D eigenvalue weighted by Crippen LogP contribution is -2.49. The van der Waals surface area contributed by atoms with Crippen LogP contribution in [0.5, 0.6) is 0 Å². The molecule has 5 heteroatoms. The number of piperidine rings is 1. The summed E-state index contributed by atoms with van der Waals surface area (Å²) in [4.78, 5) is 15.7. The maximum atomic E-state index is 12.0. The van der Waals surface area contributed by atoms with Crippen LogP contribution >= 0.6 is 11.3 Å². The molecule has 0 aromatic carbocycles. The van der Waals surface area contributed by atoms with Crippen molar-refractivity contribution in [3.8, 4) is 0 Å². The third-order valence-corrected chi connectivity index (χ3v) is 4.75. The Kier molecular flexibility index (Phi) is 6.50. The van der Waals surface area contributed by atoms with Gasteiger partial charge in [-0.2, -0.15) is 0 Å². The van der Waals surface area contributed by atoms with E-state index in [-0.39, 0.29) is 5.91 Å². The molecule has 4 nitrogen and oxygen atoms in total. The van der Waals surface area contributed by atoms with Crippen molar-refractivity contribution in [3.63, 3.8) is 0 Å². The van der Waals surface area contributed by atoms with E-state index in [0.29, 0.717) is 12.6 Å². The van der Waals surface area contributed by atoms with E-state index in [9.17, 15) is 4.79 Å². The highest BCUT2D eigenvalue weighted by Crippen LogP contribution is 2.15. The minimum atomic E-state index is 0.157. The molecule has 0 saturated carbocycles. The van der Waals surface area contributed by atoms with Crippen LogP contribution in [0.15, 0.2) is 17.5 Å². The van der Waals surface area contributed by atoms with Gasteiger partial charge in [0.2, 0.25) is 5.91 Å². The Labute approximate surface area is 125 Å². The summed E-state index contributed by atoms with van der Waals surface area (Å²) in [5, 5.41) is 8.34. The first-order chi connectivity index (χ1) is 9.79. The number of amides is 1. The molecule has 2 rings (SSSR count). The standard InChI is InChI=1S/C15H25N3OS/c1-16-11-13-5-2-3-9-18(13)12-15(19)17-8-7-14-6-4-10-20-14/h4,6,10,13,16H,2-3,5,7-9,11-12H2,1H3,(H,17,19). The van der Waals surface area contributed by atoms with E-state index in [2.05, 4.69) is 33.0 Å². The third kappa shape index (κ3) is 4.89. The van der Waals surface area contributed by atoms with Gasteiger partial charge in [-0.05, 0) is 44.3 Å². The summed E-state index contributed by atoms with van der Waals surface area (Å²) in [5.41, 5.74) is 0. The summed E-state index contributed by atoms with van der Waals surface area (Å²) in [5.74, 6) is 0.157. The van der Waals surface area contributed by atoms with Gasteiger partial charge < -0.3 is 10.6 Å². The third-order valence-electron chi connectivity index (χ3n) is 3.81. The van der Waals surface area contributed by atoms with Crippen LogP contribution in [-0.4, -0.2) is 50.1 Å². The molecule has 1 saturated heterocycles. The molecule has 1 unspecified atom stereocenters. The lowest BCUT2D eigenvalue weighted by atomic mass is 10.0. The van der Waals surface area contributed by atoms with Gasteiger partial charge in [0.15, 0.2) is 0 Å². The summed E-state index contributed by atoms with van der Waals surface area (Å²) in [6.07, 6.45) is 4.62. The van der Waals surface area contributed by atoms with Crippen molar-refractivity contribution >= 4 is 17.2 Å². The zero-order valence-electron chi connectivity index (χ0n) is 12.2. The monoisotopic (exact) mass is 295 g/mol. The lowest BCUT2D eigenvalue weighted by Gasteiger charge is -2.35. The summed E-state index contributed by atoms with van der Waals surface area (Å²) in [7, 11) is 1.98. The van der Waals surface area contributed by atoms with Crippen molar-refractivity contribution in [2.75, 3.05) is 33.2 Å². The van der Waals surface area contributed by atoms with Crippen molar-refractivity contribution in [1.29, 1.82) is 0 Å². The van der Waals surface area contributed by atoms with Crippen molar-refractivity contribution < 1.29 is 4.79 Å². The first-order valence-electron chi connectivity index (χ1n) is 7.47. The van der Waals surface area contributed by atoms with Crippen LogP contribution in [0.25, 0.3) is 0 Å². The van der Waals surface area contributed by atoms with Gasteiger partial charge in [-0.25, -0.2) is 0 Å². The van der Waals surface area contributed by atoms with Gasteiger partial charge >= 0.3 is 0 Å². The molecule has 112 valence electrons. The molecule has 20 heavy (non-hydrogen) atoms. The van der Waals surface area contributed by atoms with E-state index in [1.165, 1.54) is 24.1 Å². The molecule has 0 aliphatic carbocycles. The number of carbonyl (C=O) groups excluding carboxylic acids is 1. The average Bonchev–Trinajstić information content (AvgIpc) is 2.94.